The molecule has 3 rings (SSSR count). The minimum Gasteiger partial charge on any atom is -0.297 e. The fourth-order valence-electron chi connectivity index (χ4n) is 3.09. The SMILES string of the molecule is [C-]#[N+]c1cccc(CN2CCN(Cc3cccc(C#N)c3)CC2)c1. The average molecular weight is 316 g/mol. The first kappa shape index (κ1) is 16.2. The molecule has 0 aromatic heterocycles. The van der Waals surface area contributed by atoms with E-state index < -0.39 is 0 Å². The fraction of sp³-hybridized carbons (Fsp3) is 0.300. The monoisotopic (exact) mass is 316 g/mol. The van der Waals surface area contributed by atoms with Crippen molar-refractivity contribution in [2.24, 2.45) is 0 Å². The van der Waals surface area contributed by atoms with E-state index in [9.17, 15) is 0 Å². The Balaban J connectivity index is 1.52. The smallest absolute Gasteiger partial charge is 0.187 e. The lowest BCUT2D eigenvalue weighted by atomic mass is 10.1. The maximum Gasteiger partial charge on any atom is 0.187 e. The highest BCUT2D eigenvalue weighted by Gasteiger charge is 2.17. The van der Waals surface area contributed by atoms with Crippen LogP contribution in [0.3, 0.4) is 0 Å². The second kappa shape index (κ2) is 7.75. The van der Waals surface area contributed by atoms with E-state index in [0.717, 1.165) is 44.8 Å². The van der Waals surface area contributed by atoms with E-state index in [-0.39, 0.29) is 0 Å². The lowest BCUT2D eigenvalue weighted by Crippen LogP contribution is -2.45. The van der Waals surface area contributed by atoms with Crippen molar-refractivity contribution in [3.05, 3.63) is 76.6 Å². The van der Waals surface area contributed by atoms with E-state index in [1.54, 1.807) is 0 Å². The van der Waals surface area contributed by atoms with Gasteiger partial charge in [-0.25, -0.2) is 4.85 Å². The molecule has 1 fully saturated rings. The maximum absolute atomic E-state index is 8.99. The van der Waals surface area contributed by atoms with Gasteiger partial charge < -0.3 is 0 Å². The molecule has 0 spiro atoms. The molecule has 1 aliphatic heterocycles. The summed E-state index contributed by atoms with van der Waals surface area (Å²) in [5.41, 5.74) is 3.85. The number of nitrogens with zero attached hydrogens (tertiary/aromatic N) is 4. The van der Waals surface area contributed by atoms with Crippen molar-refractivity contribution in [1.29, 1.82) is 5.26 Å². The van der Waals surface area contributed by atoms with Crippen LogP contribution >= 0.6 is 0 Å². The quantitative estimate of drug-likeness (QED) is 0.811. The molecule has 0 saturated carbocycles. The second-order valence-electron chi connectivity index (χ2n) is 6.15. The van der Waals surface area contributed by atoms with Gasteiger partial charge in [-0.2, -0.15) is 5.26 Å². The number of hydrogen-bond acceptors (Lipinski definition) is 3. The normalized spacial score (nSPS) is 15.6. The lowest BCUT2D eigenvalue weighted by molar-refractivity contribution is 0.122. The molecule has 0 N–H and O–H groups in total. The van der Waals surface area contributed by atoms with Gasteiger partial charge in [-0.1, -0.05) is 36.4 Å². The molecule has 0 amide bonds. The van der Waals surface area contributed by atoms with Crippen molar-refractivity contribution < 1.29 is 0 Å². The highest BCUT2D eigenvalue weighted by molar-refractivity contribution is 5.46. The zero-order chi connectivity index (χ0) is 16.8. The van der Waals surface area contributed by atoms with Gasteiger partial charge >= 0.3 is 0 Å². The van der Waals surface area contributed by atoms with Gasteiger partial charge in [0.2, 0.25) is 0 Å². The molecule has 2 aromatic rings. The standard InChI is InChI=1S/C20H20N4/c1-22-20-7-3-6-19(13-20)16-24-10-8-23(9-11-24)15-18-5-2-4-17(12-18)14-21/h2-7,12-13H,8-11,15-16H2. The number of benzene rings is 2. The minimum absolute atomic E-state index is 0.712. The van der Waals surface area contributed by atoms with Crippen molar-refractivity contribution in [3.8, 4) is 6.07 Å². The number of hydrogen-bond donors (Lipinski definition) is 0. The first-order valence-electron chi connectivity index (χ1n) is 8.17. The van der Waals surface area contributed by atoms with Crippen LogP contribution in [-0.2, 0) is 13.1 Å². The molecule has 24 heavy (non-hydrogen) atoms. The van der Waals surface area contributed by atoms with Gasteiger partial charge in [0.1, 0.15) is 0 Å². The fourth-order valence-corrected chi connectivity index (χ4v) is 3.09. The van der Waals surface area contributed by atoms with Crippen molar-refractivity contribution in [2.45, 2.75) is 13.1 Å². The van der Waals surface area contributed by atoms with Crippen LogP contribution in [0.5, 0.6) is 0 Å². The zero-order valence-corrected chi connectivity index (χ0v) is 13.7. The summed E-state index contributed by atoms with van der Waals surface area (Å²) in [6, 6.07) is 17.9. The lowest BCUT2D eigenvalue weighted by Gasteiger charge is -2.34. The molecular formula is C20H20N4. The molecule has 4 heteroatoms. The topological polar surface area (TPSA) is 34.6 Å². The zero-order valence-electron chi connectivity index (χ0n) is 13.7. The number of piperazine rings is 1. The first-order valence-corrected chi connectivity index (χ1v) is 8.17. The van der Waals surface area contributed by atoms with E-state index in [0.29, 0.717) is 5.69 Å². The molecule has 0 unspecified atom stereocenters. The van der Waals surface area contributed by atoms with Crippen molar-refractivity contribution >= 4 is 5.69 Å². The van der Waals surface area contributed by atoms with Gasteiger partial charge in [0.25, 0.3) is 0 Å². The molecular weight excluding hydrogens is 296 g/mol. The van der Waals surface area contributed by atoms with Crippen molar-refractivity contribution in [2.75, 3.05) is 26.2 Å². The van der Waals surface area contributed by atoms with Crippen LogP contribution in [0.2, 0.25) is 0 Å². The third-order valence-electron chi connectivity index (χ3n) is 4.37. The second-order valence-corrected chi connectivity index (χ2v) is 6.15. The van der Waals surface area contributed by atoms with Crippen LogP contribution in [-0.4, -0.2) is 36.0 Å². The Morgan fingerprint density at radius 1 is 0.917 bits per heavy atom. The van der Waals surface area contributed by atoms with Gasteiger partial charge in [0.05, 0.1) is 18.2 Å². The van der Waals surface area contributed by atoms with E-state index >= 15 is 0 Å². The molecule has 2 aromatic carbocycles. The molecule has 0 radical (unpaired) electrons. The molecule has 1 saturated heterocycles. The number of rotatable bonds is 4. The summed E-state index contributed by atoms with van der Waals surface area (Å²) in [4.78, 5) is 8.37. The molecule has 1 aliphatic rings. The highest BCUT2D eigenvalue weighted by atomic mass is 15.3. The van der Waals surface area contributed by atoms with E-state index in [1.165, 1.54) is 11.1 Å². The summed E-state index contributed by atoms with van der Waals surface area (Å²) in [6.45, 7) is 13.0. The van der Waals surface area contributed by atoms with Crippen molar-refractivity contribution in [1.82, 2.24) is 9.80 Å². The van der Waals surface area contributed by atoms with Crippen LogP contribution in [0.1, 0.15) is 16.7 Å². The Hall–Kier alpha value is -2.66. The molecule has 0 bridgehead atoms. The van der Waals surface area contributed by atoms with Crippen LogP contribution in [0.15, 0.2) is 48.5 Å². The van der Waals surface area contributed by atoms with Crippen LogP contribution in [0.25, 0.3) is 4.85 Å². The summed E-state index contributed by atoms with van der Waals surface area (Å²) < 4.78 is 0. The van der Waals surface area contributed by atoms with Gasteiger partial charge in [0, 0.05) is 39.3 Å². The maximum atomic E-state index is 8.99. The Morgan fingerprint density at radius 3 is 2.08 bits per heavy atom. The van der Waals surface area contributed by atoms with Crippen LogP contribution < -0.4 is 0 Å². The summed E-state index contributed by atoms with van der Waals surface area (Å²) in [5, 5.41) is 8.99. The summed E-state index contributed by atoms with van der Waals surface area (Å²) in [6.07, 6.45) is 0. The summed E-state index contributed by atoms with van der Waals surface area (Å²) in [7, 11) is 0. The summed E-state index contributed by atoms with van der Waals surface area (Å²) in [5.74, 6) is 0. The van der Waals surface area contributed by atoms with E-state index in [2.05, 4.69) is 32.8 Å². The van der Waals surface area contributed by atoms with Crippen LogP contribution in [0, 0.1) is 17.9 Å². The molecule has 4 nitrogen and oxygen atoms in total. The third kappa shape index (κ3) is 4.20. The van der Waals surface area contributed by atoms with Crippen LogP contribution in [0.4, 0.5) is 5.69 Å². The van der Waals surface area contributed by atoms with E-state index in [1.807, 2.05) is 36.4 Å². The Labute approximate surface area is 143 Å². The van der Waals surface area contributed by atoms with Gasteiger partial charge in [0.15, 0.2) is 5.69 Å². The predicted octanol–water partition coefficient (Wildman–Crippen LogP) is 3.43. The molecule has 0 atom stereocenters. The Bertz CT molecular complexity index is 709. The highest BCUT2D eigenvalue weighted by Crippen LogP contribution is 2.17. The largest absolute Gasteiger partial charge is 0.297 e. The Kier molecular flexibility index (Phi) is 5.23. The third-order valence-corrected chi connectivity index (χ3v) is 4.37. The van der Waals surface area contributed by atoms with Gasteiger partial charge in [-0.15, -0.1) is 0 Å². The first-order chi connectivity index (χ1) is 11.8. The van der Waals surface area contributed by atoms with Gasteiger partial charge in [-0.05, 0) is 23.3 Å². The minimum atomic E-state index is 0.712. The summed E-state index contributed by atoms with van der Waals surface area (Å²) >= 11 is 0. The van der Waals surface area contributed by atoms with E-state index in [4.69, 9.17) is 11.8 Å². The predicted molar refractivity (Wildman–Crippen MR) is 94.4 cm³/mol. The molecule has 120 valence electrons. The van der Waals surface area contributed by atoms with Crippen molar-refractivity contribution in [3.63, 3.8) is 0 Å². The molecule has 0 aliphatic carbocycles. The molecule has 1 heterocycles. The average Bonchev–Trinajstić information content (AvgIpc) is 2.64. The Morgan fingerprint density at radius 2 is 1.50 bits per heavy atom. The number of nitriles is 1. The van der Waals surface area contributed by atoms with Gasteiger partial charge in [-0.3, -0.25) is 9.80 Å².